The number of aliphatic hydroxyl groups excluding tert-OH is 1. The number of nitrogens with two attached hydrogens (primary N) is 1. The van der Waals surface area contributed by atoms with Crippen LogP contribution < -0.4 is 11.3 Å². The molecule has 0 fully saturated rings. The van der Waals surface area contributed by atoms with E-state index >= 15 is 0 Å². The molecule has 0 amide bonds. The lowest BCUT2D eigenvalue weighted by molar-refractivity contribution is 0.282. The van der Waals surface area contributed by atoms with Crippen molar-refractivity contribution in [3.05, 3.63) is 23.8 Å². The Labute approximate surface area is 94.6 Å². The van der Waals surface area contributed by atoms with Gasteiger partial charge in [0.15, 0.2) is 9.84 Å². The first-order valence-electron chi connectivity index (χ1n) is 3.89. The van der Waals surface area contributed by atoms with Gasteiger partial charge in [0.05, 0.1) is 17.2 Å². The summed E-state index contributed by atoms with van der Waals surface area (Å²) in [6.45, 7) is -0.261. The highest BCUT2D eigenvalue weighted by Crippen LogP contribution is 2.19. The highest BCUT2D eigenvalue weighted by atomic mass is 35.5. The Bertz CT molecular complexity index is 434. The van der Waals surface area contributed by atoms with Crippen molar-refractivity contribution < 1.29 is 13.5 Å². The van der Waals surface area contributed by atoms with Crippen molar-refractivity contribution in [2.45, 2.75) is 11.5 Å². The molecule has 4 N–H and O–H groups in total. The molecule has 0 aliphatic heterocycles. The maximum Gasteiger partial charge on any atom is 0.175 e. The van der Waals surface area contributed by atoms with Gasteiger partial charge in [-0.3, -0.25) is 5.84 Å². The zero-order chi connectivity index (χ0) is 10.8. The number of hydrogen-bond acceptors (Lipinski definition) is 5. The van der Waals surface area contributed by atoms with Crippen LogP contribution in [0.5, 0.6) is 0 Å². The second-order valence-electron chi connectivity index (χ2n) is 2.89. The summed E-state index contributed by atoms with van der Waals surface area (Å²) < 4.78 is 22.3. The first-order chi connectivity index (χ1) is 6.49. The van der Waals surface area contributed by atoms with Crippen molar-refractivity contribution in [1.82, 2.24) is 0 Å². The Balaban J connectivity index is 0.00000196. The lowest BCUT2D eigenvalue weighted by Crippen LogP contribution is -2.10. The Morgan fingerprint density at radius 3 is 2.47 bits per heavy atom. The van der Waals surface area contributed by atoms with E-state index in [4.69, 9.17) is 10.9 Å². The molecular weight excluding hydrogens is 240 g/mol. The Kier molecular flexibility index (Phi) is 5.02. The van der Waals surface area contributed by atoms with Gasteiger partial charge in [0, 0.05) is 11.8 Å². The zero-order valence-corrected chi connectivity index (χ0v) is 9.73. The van der Waals surface area contributed by atoms with Crippen LogP contribution >= 0.6 is 12.4 Å². The van der Waals surface area contributed by atoms with Gasteiger partial charge in [-0.15, -0.1) is 12.4 Å². The lowest BCUT2D eigenvalue weighted by atomic mass is 10.2. The number of hydrogen-bond donors (Lipinski definition) is 3. The standard InChI is InChI=1S/C8H12N2O3S.ClH/c1-14(12,13)7-2-3-8(10-9)6(4-7)5-11;/h2-4,10-11H,5,9H2,1H3;1H. The van der Waals surface area contributed by atoms with Gasteiger partial charge in [-0.25, -0.2) is 8.42 Å². The van der Waals surface area contributed by atoms with Gasteiger partial charge >= 0.3 is 0 Å². The number of aliphatic hydroxyl groups is 1. The monoisotopic (exact) mass is 252 g/mol. The van der Waals surface area contributed by atoms with Gasteiger partial charge in [-0.05, 0) is 18.2 Å². The molecule has 7 heteroatoms. The summed E-state index contributed by atoms with van der Waals surface area (Å²) in [6.07, 6.45) is 1.11. The Morgan fingerprint density at radius 1 is 1.47 bits per heavy atom. The third-order valence-electron chi connectivity index (χ3n) is 1.83. The molecule has 0 bridgehead atoms. The largest absolute Gasteiger partial charge is 0.392 e. The number of nitrogens with one attached hydrogen (secondary N) is 1. The number of halogens is 1. The molecule has 0 unspecified atom stereocenters. The van der Waals surface area contributed by atoms with Gasteiger partial charge in [-0.2, -0.15) is 0 Å². The second-order valence-corrected chi connectivity index (χ2v) is 4.91. The molecule has 0 saturated heterocycles. The van der Waals surface area contributed by atoms with Gasteiger partial charge in [0.25, 0.3) is 0 Å². The molecule has 1 aromatic carbocycles. The number of benzene rings is 1. The summed E-state index contributed by atoms with van der Waals surface area (Å²) in [4.78, 5) is 0.167. The molecule has 0 spiro atoms. The van der Waals surface area contributed by atoms with Gasteiger partial charge < -0.3 is 10.5 Å². The topological polar surface area (TPSA) is 92.4 Å². The quantitative estimate of drug-likeness (QED) is 0.531. The van der Waals surface area contributed by atoms with Crippen molar-refractivity contribution in [3.8, 4) is 0 Å². The summed E-state index contributed by atoms with van der Waals surface area (Å²) in [5.41, 5.74) is 3.34. The van der Waals surface area contributed by atoms with Crippen molar-refractivity contribution >= 4 is 27.9 Å². The molecule has 15 heavy (non-hydrogen) atoms. The zero-order valence-electron chi connectivity index (χ0n) is 8.10. The summed E-state index contributed by atoms with van der Waals surface area (Å²) in [6, 6.07) is 4.34. The van der Waals surface area contributed by atoms with Crippen LogP contribution in [0, 0.1) is 0 Å². The number of hydrazine groups is 1. The summed E-state index contributed by atoms with van der Waals surface area (Å²) in [5.74, 6) is 5.17. The van der Waals surface area contributed by atoms with E-state index < -0.39 is 9.84 Å². The number of anilines is 1. The molecule has 0 heterocycles. The molecule has 0 saturated carbocycles. The van der Waals surface area contributed by atoms with E-state index in [-0.39, 0.29) is 23.9 Å². The maximum atomic E-state index is 11.2. The van der Waals surface area contributed by atoms with Crippen LogP contribution in [0.25, 0.3) is 0 Å². The fourth-order valence-corrected chi connectivity index (χ4v) is 1.74. The van der Waals surface area contributed by atoms with Crippen LogP contribution in [0.2, 0.25) is 0 Å². The van der Waals surface area contributed by atoms with E-state index in [2.05, 4.69) is 5.43 Å². The first kappa shape index (κ1) is 14.2. The average molecular weight is 253 g/mol. The predicted octanol–water partition coefficient (Wildman–Crippen LogP) is 0.290. The lowest BCUT2D eigenvalue weighted by Gasteiger charge is -2.07. The molecule has 0 aliphatic carbocycles. The van der Waals surface area contributed by atoms with E-state index in [1.54, 1.807) is 0 Å². The van der Waals surface area contributed by atoms with Gasteiger partial charge in [0.1, 0.15) is 0 Å². The normalized spacial score (nSPS) is 10.6. The highest BCUT2D eigenvalue weighted by Gasteiger charge is 2.09. The minimum Gasteiger partial charge on any atom is -0.392 e. The molecule has 1 aromatic rings. The van der Waals surface area contributed by atoms with Crippen LogP contribution in [0.15, 0.2) is 23.1 Å². The fraction of sp³-hybridized carbons (Fsp3) is 0.250. The molecule has 0 radical (unpaired) electrons. The Morgan fingerprint density at radius 2 is 2.07 bits per heavy atom. The van der Waals surface area contributed by atoms with Crippen molar-refractivity contribution in [2.75, 3.05) is 11.7 Å². The smallest absolute Gasteiger partial charge is 0.175 e. The minimum absolute atomic E-state index is 0. The SMILES string of the molecule is CS(=O)(=O)c1ccc(NN)c(CO)c1.Cl. The van der Waals surface area contributed by atoms with Crippen LogP contribution in [0.1, 0.15) is 5.56 Å². The molecule has 0 aromatic heterocycles. The number of nitrogen functional groups attached to an aromatic ring is 1. The first-order valence-corrected chi connectivity index (χ1v) is 5.78. The molecule has 0 atom stereocenters. The fourth-order valence-electron chi connectivity index (χ4n) is 1.07. The van der Waals surface area contributed by atoms with Crippen LogP contribution in [0.4, 0.5) is 5.69 Å². The van der Waals surface area contributed by atoms with Gasteiger partial charge in [-0.1, -0.05) is 0 Å². The molecule has 0 aliphatic rings. The number of sulfone groups is 1. The number of rotatable bonds is 3. The maximum absolute atomic E-state index is 11.2. The molecule has 5 nitrogen and oxygen atoms in total. The van der Waals surface area contributed by atoms with Crippen molar-refractivity contribution in [3.63, 3.8) is 0 Å². The van der Waals surface area contributed by atoms with E-state index in [0.29, 0.717) is 11.3 Å². The second kappa shape index (κ2) is 5.32. The highest BCUT2D eigenvalue weighted by molar-refractivity contribution is 7.90. The molecule has 1 rings (SSSR count). The Hall–Kier alpha value is -0.820. The van der Waals surface area contributed by atoms with Crippen molar-refractivity contribution in [1.29, 1.82) is 0 Å². The average Bonchev–Trinajstić information content (AvgIpc) is 2.15. The van der Waals surface area contributed by atoms with Crippen LogP contribution in [0.3, 0.4) is 0 Å². The summed E-state index contributed by atoms with van der Waals surface area (Å²) in [5, 5.41) is 8.95. The predicted molar refractivity (Wildman–Crippen MR) is 60.5 cm³/mol. The van der Waals surface area contributed by atoms with E-state index in [1.165, 1.54) is 18.2 Å². The third-order valence-corrected chi connectivity index (χ3v) is 2.94. The van der Waals surface area contributed by atoms with Crippen LogP contribution in [-0.4, -0.2) is 19.8 Å². The van der Waals surface area contributed by atoms with Crippen molar-refractivity contribution in [2.24, 2.45) is 5.84 Å². The van der Waals surface area contributed by atoms with E-state index in [1.807, 2.05) is 0 Å². The van der Waals surface area contributed by atoms with Crippen LogP contribution in [-0.2, 0) is 16.4 Å². The molecular formula is C8H13ClN2O3S. The third kappa shape index (κ3) is 3.35. The summed E-state index contributed by atoms with van der Waals surface area (Å²) in [7, 11) is -3.24. The minimum atomic E-state index is -3.24. The van der Waals surface area contributed by atoms with E-state index in [0.717, 1.165) is 6.26 Å². The molecule has 86 valence electrons. The van der Waals surface area contributed by atoms with E-state index in [9.17, 15) is 8.42 Å². The summed E-state index contributed by atoms with van der Waals surface area (Å²) >= 11 is 0. The van der Waals surface area contributed by atoms with Gasteiger partial charge in [0.2, 0.25) is 0 Å².